The number of rotatable bonds is 8. The molecule has 0 fully saturated rings. The molecule has 31 heavy (non-hydrogen) atoms. The van der Waals surface area contributed by atoms with Gasteiger partial charge in [0.25, 0.3) is 0 Å². The van der Waals surface area contributed by atoms with E-state index in [1.807, 2.05) is 36.1 Å². The molecule has 1 N–H and O–H groups in total. The number of aryl methyl sites for hydroxylation is 1. The second-order valence-electron chi connectivity index (χ2n) is 7.70. The van der Waals surface area contributed by atoms with Crippen molar-refractivity contribution in [2.45, 2.75) is 57.4 Å². The third kappa shape index (κ3) is 4.80. The first-order valence-electron chi connectivity index (χ1n) is 10.8. The number of para-hydroxylation sites is 2. The Labute approximate surface area is 191 Å². The molecule has 1 aliphatic heterocycles. The second-order valence-corrected chi connectivity index (χ2v) is 9.65. The van der Waals surface area contributed by atoms with Crippen molar-refractivity contribution in [2.75, 3.05) is 12.3 Å². The fourth-order valence-corrected chi connectivity index (χ4v) is 5.82. The molecule has 1 unspecified atom stereocenters. The molecule has 0 radical (unpaired) electrons. The maximum atomic E-state index is 13.1. The predicted octanol–water partition coefficient (Wildman–Crippen LogP) is 4.08. The van der Waals surface area contributed by atoms with Crippen LogP contribution in [0, 0.1) is 0 Å². The van der Waals surface area contributed by atoms with Crippen LogP contribution < -0.4 is 5.32 Å². The van der Waals surface area contributed by atoms with Crippen molar-refractivity contribution in [3.63, 3.8) is 0 Å². The van der Waals surface area contributed by atoms with E-state index in [9.17, 15) is 9.59 Å². The smallest absolute Gasteiger partial charge is 0.245 e. The molecule has 1 atom stereocenters. The number of hydrogen-bond acceptors (Lipinski definition) is 5. The molecular weight excluding hydrogens is 428 g/mol. The van der Waals surface area contributed by atoms with Crippen molar-refractivity contribution in [1.82, 2.24) is 19.8 Å². The van der Waals surface area contributed by atoms with Gasteiger partial charge in [-0.2, -0.15) is 0 Å². The lowest BCUT2D eigenvalue weighted by Crippen LogP contribution is -2.50. The number of thioether (sulfide) groups is 1. The minimum absolute atomic E-state index is 0.0258. The van der Waals surface area contributed by atoms with Crippen LogP contribution in [0.5, 0.6) is 0 Å². The van der Waals surface area contributed by atoms with Gasteiger partial charge in [0, 0.05) is 24.5 Å². The highest BCUT2D eigenvalue weighted by Crippen LogP contribution is 2.25. The van der Waals surface area contributed by atoms with E-state index in [1.165, 1.54) is 22.2 Å². The number of nitrogens with zero attached hydrogens (tertiary/aromatic N) is 3. The van der Waals surface area contributed by atoms with E-state index >= 15 is 0 Å². The summed E-state index contributed by atoms with van der Waals surface area (Å²) in [6, 6.07) is 9.63. The summed E-state index contributed by atoms with van der Waals surface area (Å²) < 4.78 is 2.12. The van der Waals surface area contributed by atoms with Crippen molar-refractivity contribution < 1.29 is 9.59 Å². The summed E-state index contributed by atoms with van der Waals surface area (Å²) in [6.45, 7) is 6.27. The number of fused-ring (bicyclic) bond motifs is 2. The number of benzene rings is 1. The van der Waals surface area contributed by atoms with E-state index in [0.717, 1.165) is 42.1 Å². The lowest BCUT2D eigenvalue weighted by molar-refractivity contribution is -0.137. The molecule has 6 nitrogen and oxygen atoms in total. The topological polar surface area (TPSA) is 67.2 Å². The Morgan fingerprint density at radius 3 is 2.90 bits per heavy atom. The maximum absolute atomic E-state index is 13.1. The molecule has 2 amide bonds. The molecule has 8 heteroatoms. The van der Waals surface area contributed by atoms with E-state index in [1.54, 1.807) is 11.3 Å². The fraction of sp³-hybridized carbons (Fsp3) is 0.435. The van der Waals surface area contributed by atoms with Crippen LogP contribution in [0.15, 0.2) is 40.9 Å². The summed E-state index contributed by atoms with van der Waals surface area (Å²) in [7, 11) is 0. The number of nitrogens with one attached hydrogen (secondary N) is 1. The van der Waals surface area contributed by atoms with Crippen LogP contribution >= 0.6 is 23.1 Å². The minimum atomic E-state index is -0.469. The fourth-order valence-electron chi connectivity index (χ4n) is 4.04. The molecule has 0 bridgehead atoms. The van der Waals surface area contributed by atoms with Gasteiger partial charge in [-0.05, 0) is 48.9 Å². The van der Waals surface area contributed by atoms with Crippen molar-refractivity contribution in [2.24, 2.45) is 0 Å². The van der Waals surface area contributed by atoms with E-state index in [0.29, 0.717) is 13.0 Å². The summed E-state index contributed by atoms with van der Waals surface area (Å²) in [5.41, 5.74) is 3.24. The monoisotopic (exact) mass is 456 g/mol. The highest BCUT2D eigenvalue weighted by Gasteiger charge is 2.28. The Morgan fingerprint density at radius 2 is 2.10 bits per heavy atom. The van der Waals surface area contributed by atoms with Gasteiger partial charge in [0.2, 0.25) is 11.8 Å². The summed E-state index contributed by atoms with van der Waals surface area (Å²) in [5, 5.41) is 5.91. The van der Waals surface area contributed by atoms with Gasteiger partial charge in [0.05, 0.1) is 16.8 Å². The Morgan fingerprint density at radius 1 is 1.26 bits per heavy atom. The second kappa shape index (κ2) is 9.87. The minimum Gasteiger partial charge on any atom is -0.344 e. The van der Waals surface area contributed by atoms with Crippen LogP contribution in [-0.4, -0.2) is 44.6 Å². The quantitative estimate of drug-likeness (QED) is 0.519. The molecule has 3 heterocycles. The number of thiophene rings is 1. The molecule has 2 aromatic heterocycles. The van der Waals surface area contributed by atoms with E-state index in [4.69, 9.17) is 0 Å². The van der Waals surface area contributed by atoms with Gasteiger partial charge in [0.15, 0.2) is 5.16 Å². The Kier molecular flexibility index (Phi) is 6.97. The molecule has 164 valence electrons. The third-order valence-corrected chi connectivity index (χ3v) is 7.60. The SMILES string of the molecule is CCCC(NC(=O)CSc1nc2ccccc2n1CC)C(=O)N1CCc2sccc2C1. The average Bonchev–Trinajstić information content (AvgIpc) is 3.40. The maximum Gasteiger partial charge on any atom is 0.245 e. The van der Waals surface area contributed by atoms with Crippen LogP contribution in [0.2, 0.25) is 0 Å². The summed E-state index contributed by atoms with van der Waals surface area (Å²) >= 11 is 3.18. The predicted molar refractivity (Wildman–Crippen MR) is 126 cm³/mol. The third-order valence-electron chi connectivity index (χ3n) is 5.60. The number of carbonyl (C=O) groups is 2. The van der Waals surface area contributed by atoms with Crippen LogP contribution in [0.25, 0.3) is 11.0 Å². The van der Waals surface area contributed by atoms with E-state index < -0.39 is 6.04 Å². The molecule has 3 aromatic rings. The number of carbonyl (C=O) groups excluding carboxylic acids is 2. The van der Waals surface area contributed by atoms with Gasteiger partial charge in [-0.1, -0.05) is 37.2 Å². The van der Waals surface area contributed by atoms with Gasteiger partial charge in [-0.25, -0.2) is 4.98 Å². The van der Waals surface area contributed by atoms with Gasteiger partial charge in [-0.3, -0.25) is 9.59 Å². The highest BCUT2D eigenvalue weighted by atomic mass is 32.2. The van der Waals surface area contributed by atoms with Gasteiger partial charge >= 0.3 is 0 Å². The van der Waals surface area contributed by atoms with Crippen molar-refractivity contribution in [3.8, 4) is 0 Å². The number of hydrogen-bond donors (Lipinski definition) is 1. The normalized spacial score (nSPS) is 14.5. The Balaban J connectivity index is 1.38. The van der Waals surface area contributed by atoms with Crippen LogP contribution in [0.1, 0.15) is 37.1 Å². The first kappa shape index (κ1) is 21.9. The molecule has 1 aliphatic rings. The first-order valence-corrected chi connectivity index (χ1v) is 12.7. The summed E-state index contributed by atoms with van der Waals surface area (Å²) in [5.74, 6) is 0.142. The Hall–Kier alpha value is -2.32. The zero-order valence-corrected chi connectivity index (χ0v) is 19.6. The summed E-state index contributed by atoms with van der Waals surface area (Å²) in [4.78, 5) is 33.8. The molecule has 1 aromatic carbocycles. The Bertz CT molecular complexity index is 1070. The molecule has 0 spiro atoms. The molecule has 4 rings (SSSR count). The van der Waals surface area contributed by atoms with Crippen molar-refractivity contribution in [1.29, 1.82) is 0 Å². The van der Waals surface area contributed by atoms with Crippen molar-refractivity contribution >= 4 is 45.9 Å². The number of amides is 2. The average molecular weight is 457 g/mol. The summed E-state index contributed by atoms with van der Waals surface area (Å²) in [6.07, 6.45) is 2.39. The number of imidazole rings is 1. The first-order chi connectivity index (χ1) is 15.1. The number of aromatic nitrogens is 2. The van der Waals surface area contributed by atoms with Crippen molar-refractivity contribution in [3.05, 3.63) is 46.2 Å². The van der Waals surface area contributed by atoms with E-state index in [-0.39, 0.29) is 17.6 Å². The molecule has 0 saturated heterocycles. The lowest BCUT2D eigenvalue weighted by Gasteiger charge is -2.30. The van der Waals surface area contributed by atoms with Crippen LogP contribution in [0.4, 0.5) is 0 Å². The molecular formula is C23H28N4O2S2. The highest BCUT2D eigenvalue weighted by molar-refractivity contribution is 7.99. The standard InChI is InChI=1S/C23H28N4O2S2/c1-3-7-18(22(29)26-12-10-20-16(14-26)11-13-30-20)24-21(28)15-31-23-25-17-8-5-6-9-19(17)27(23)4-2/h5-6,8-9,11,13,18H,3-4,7,10,12,14-15H2,1-2H3,(H,24,28). The van der Waals surface area contributed by atoms with Crippen LogP contribution in [-0.2, 0) is 29.1 Å². The molecule has 0 saturated carbocycles. The molecule has 0 aliphatic carbocycles. The zero-order chi connectivity index (χ0) is 21.8. The van der Waals surface area contributed by atoms with Gasteiger partial charge in [0.1, 0.15) is 6.04 Å². The van der Waals surface area contributed by atoms with E-state index in [2.05, 4.69) is 33.2 Å². The lowest BCUT2D eigenvalue weighted by atomic mass is 10.1. The largest absolute Gasteiger partial charge is 0.344 e. The zero-order valence-electron chi connectivity index (χ0n) is 18.0. The van der Waals surface area contributed by atoms with Gasteiger partial charge < -0.3 is 14.8 Å². The van der Waals surface area contributed by atoms with Gasteiger partial charge in [-0.15, -0.1) is 11.3 Å². The van der Waals surface area contributed by atoms with Crippen LogP contribution in [0.3, 0.4) is 0 Å².